The number of sulfone groups is 1. The molecule has 1 aliphatic heterocycles. The fourth-order valence-electron chi connectivity index (χ4n) is 3.19. The predicted octanol–water partition coefficient (Wildman–Crippen LogP) is 1.74. The number of nitrogens with two attached hydrogens (primary N) is 1. The summed E-state index contributed by atoms with van der Waals surface area (Å²) in [5.74, 6) is -0.824. The second kappa shape index (κ2) is 8.21. The normalized spacial score (nSPS) is 16.8. The molecule has 3 N–H and O–H groups in total. The van der Waals surface area contributed by atoms with E-state index in [9.17, 15) is 39.6 Å². The molecule has 0 saturated carbocycles. The van der Waals surface area contributed by atoms with E-state index >= 15 is 0 Å². The third-order valence-electron chi connectivity index (χ3n) is 4.95. The maximum Gasteiger partial charge on any atom is 0.501 e. The van der Waals surface area contributed by atoms with Crippen molar-refractivity contribution in [3.63, 3.8) is 0 Å². The lowest BCUT2D eigenvalue weighted by atomic mass is 10.0. The highest BCUT2D eigenvalue weighted by atomic mass is 32.2. The topological polar surface area (TPSA) is 160 Å². The lowest BCUT2D eigenvalue weighted by molar-refractivity contribution is -0.123. The summed E-state index contributed by atoms with van der Waals surface area (Å²) in [7, 11) is -9.70. The van der Waals surface area contributed by atoms with E-state index in [4.69, 9.17) is 5.14 Å². The molecule has 184 valence electrons. The number of urea groups is 1. The standard InChI is InChI=1S/C18H18F3N5O6S2/c1-17(2)15(27)26(12-3-5-13(6-4-12)33(29,30)18(19,20)21)16(28)25(17)10-11-7-8-23-14(9-11)24-34(22,31)32/h3-9H,10H2,1-2H3,(H,23,24)(H2,22,31,32). The molecule has 0 aliphatic carbocycles. The van der Waals surface area contributed by atoms with Crippen molar-refractivity contribution in [3.05, 3.63) is 48.2 Å². The number of halogens is 3. The summed E-state index contributed by atoms with van der Waals surface area (Å²) in [5.41, 5.74) is -6.64. The highest BCUT2D eigenvalue weighted by Crippen LogP contribution is 2.35. The molecular formula is C18H18F3N5O6S2. The zero-order valence-electron chi connectivity index (χ0n) is 17.6. The van der Waals surface area contributed by atoms with Gasteiger partial charge in [-0.15, -0.1) is 0 Å². The zero-order chi connectivity index (χ0) is 25.7. The Morgan fingerprint density at radius 3 is 2.18 bits per heavy atom. The molecule has 3 rings (SSSR count). The number of hydrogen-bond acceptors (Lipinski definition) is 7. The SMILES string of the molecule is CC1(C)C(=O)N(c2ccc(S(=O)(=O)C(F)(F)F)cc2)C(=O)N1Cc1ccnc(NS(N)(=O)=O)c1. The number of nitrogens with one attached hydrogen (secondary N) is 1. The van der Waals surface area contributed by atoms with Gasteiger partial charge < -0.3 is 4.90 Å². The van der Waals surface area contributed by atoms with Crippen LogP contribution in [0.25, 0.3) is 0 Å². The van der Waals surface area contributed by atoms with Crippen LogP contribution < -0.4 is 14.8 Å². The lowest BCUT2D eigenvalue weighted by Gasteiger charge is -2.27. The molecule has 1 saturated heterocycles. The van der Waals surface area contributed by atoms with E-state index in [2.05, 4.69) is 4.98 Å². The van der Waals surface area contributed by atoms with Gasteiger partial charge >= 0.3 is 11.5 Å². The van der Waals surface area contributed by atoms with Crippen LogP contribution in [0.4, 0.5) is 29.5 Å². The Balaban J connectivity index is 1.91. The maximum absolute atomic E-state index is 13.1. The van der Waals surface area contributed by atoms with Crippen molar-refractivity contribution >= 4 is 43.5 Å². The molecule has 1 aromatic carbocycles. The molecule has 11 nitrogen and oxygen atoms in total. The smallest absolute Gasteiger partial charge is 0.305 e. The minimum Gasteiger partial charge on any atom is -0.305 e. The average Bonchev–Trinajstić information content (AvgIpc) is 2.86. The Morgan fingerprint density at radius 2 is 1.65 bits per heavy atom. The number of benzene rings is 1. The van der Waals surface area contributed by atoms with Crippen LogP contribution in [-0.2, 0) is 31.4 Å². The third-order valence-corrected chi connectivity index (χ3v) is 6.94. The molecule has 16 heteroatoms. The van der Waals surface area contributed by atoms with Crippen molar-refractivity contribution < 1.29 is 39.6 Å². The first kappa shape index (κ1) is 25.4. The molecule has 0 unspecified atom stereocenters. The number of anilines is 2. The summed E-state index contributed by atoms with van der Waals surface area (Å²) in [5, 5.41) is 4.91. The van der Waals surface area contributed by atoms with Gasteiger partial charge in [-0.05, 0) is 55.8 Å². The number of nitrogens with zero attached hydrogens (tertiary/aromatic N) is 3. The van der Waals surface area contributed by atoms with Crippen LogP contribution in [0.1, 0.15) is 19.4 Å². The van der Waals surface area contributed by atoms with Crippen molar-refractivity contribution in [1.82, 2.24) is 9.88 Å². The summed E-state index contributed by atoms with van der Waals surface area (Å²) in [6, 6.07) is 5.12. The van der Waals surface area contributed by atoms with Crippen LogP contribution in [0.2, 0.25) is 0 Å². The molecule has 0 atom stereocenters. The second-order valence-corrected chi connectivity index (χ2v) is 10.9. The van der Waals surface area contributed by atoms with E-state index in [1.807, 2.05) is 4.72 Å². The number of hydrogen-bond donors (Lipinski definition) is 2. The average molecular weight is 521 g/mol. The first-order valence-electron chi connectivity index (χ1n) is 9.28. The highest BCUT2D eigenvalue weighted by molar-refractivity contribution is 7.92. The van der Waals surface area contributed by atoms with Gasteiger partial charge in [0.25, 0.3) is 26.0 Å². The van der Waals surface area contributed by atoms with Crippen molar-refractivity contribution in [3.8, 4) is 0 Å². The van der Waals surface area contributed by atoms with E-state index < -0.39 is 47.9 Å². The third kappa shape index (κ3) is 4.69. The van der Waals surface area contributed by atoms with E-state index in [1.165, 1.54) is 32.2 Å². The number of alkyl halides is 3. The van der Waals surface area contributed by atoms with Crippen molar-refractivity contribution in [1.29, 1.82) is 0 Å². The monoisotopic (exact) mass is 521 g/mol. The van der Waals surface area contributed by atoms with Gasteiger partial charge in [0.1, 0.15) is 11.4 Å². The largest absolute Gasteiger partial charge is 0.501 e. The molecule has 0 radical (unpaired) electrons. The number of pyridine rings is 1. The minimum absolute atomic E-state index is 0.117. The van der Waals surface area contributed by atoms with Crippen molar-refractivity contribution in [2.24, 2.45) is 5.14 Å². The Bertz CT molecular complexity index is 1360. The molecule has 2 heterocycles. The summed E-state index contributed by atoms with van der Waals surface area (Å²) < 4.78 is 85.8. The van der Waals surface area contributed by atoms with Gasteiger partial charge in [-0.3, -0.25) is 9.52 Å². The van der Waals surface area contributed by atoms with Crippen LogP contribution in [0, 0.1) is 0 Å². The minimum atomic E-state index is -5.60. The van der Waals surface area contributed by atoms with Crippen LogP contribution in [-0.4, -0.2) is 49.7 Å². The van der Waals surface area contributed by atoms with Crippen molar-refractivity contribution in [2.75, 3.05) is 9.62 Å². The molecule has 0 bridgehead atoms. The fraction of sp³-hybridized carbons (Fsp3) is 0.278. The lowest BCUT2D eigenvalue weighted by Crippen LogP contribution is -2.43. The van der Waals surface area contributed by atoms with Gasteiger partial charge in [0.05, 0.1) is 10.6 Å². The molecule has 0 spiro atoms. The molecule has 2 aromatic rings. The first-order valence-corrected chi connectivity index (χ1v) is 12.3. The molecule has 34 heavy (non-hydrogen) atoms. The van der Waals surface area contributed by atoms with Gasteiger partial charge in [0.15, 0.2) is 0 Å². The van der Waals surface area contributed by atoms with E-state index in [1.54, 1.807) is 0 Å². The van der Waals surface area contributed by atoms with Gasteiger partial charge in [-0.25, -0.2) is 28.2 Å². The van der Waals surface area contributed by atoms with Gasteiger partial charge in [0.2, 0.25) is 0 Å². The van der Waals surface area contributed by atoms with Crippen LogP contribution in [0.15, 0.2) is 47.5 Å². The maximum atomic E-state index is 13.1. The van der Waals surface area contributed by atoms with Crippen LogP contribution >= 0.6 is 0 Å². The molecule has 1 aliphatic rings. The number of imide groups is 1. The molecular weight excluding hydrogens is 503 g/mol. The summed E-state index contributed by atoms with van der Waals surface area (Å²) >= 11 is 0. The summed E-state index contributed by atoms with van der Waals surface area (Å²) in [4.78, 5) is 30.7. The Morgan fingerprint density at radius 1 is 1.06 bits per heavy atom. The van der Waals surface area contributed by atoms with E-state index in [-0.39, 0.29) is 18.1 Å². The second-order valence-electron chi connectivity index (χ2n) is 7.71. The van der Waals surface area contributed by atoms with E-state index in [0.29, 0.717) is 22.6 Å². The van der Waals surface area contributed by atoms with Gasteiger partial charge in [0, 0.05) is 12.7 Å². The number of aromatic nitrogens is 1. The number of amides is 3. The quantitative estimate of drug-likeness (QED) is 0.548. The molecule has 3 amide bonds. The summed E-state index contributed by atoms with van der Waals surface area (Å²) in [6.45, 7) is 2.73. The van der Waals surface area contributed by atoms with E-state index in [0.717, 1.165) is 17.0 Å². The number of rotatable bonds is 6. The summed E-state index contributed by atoms with van der Waals surface area (Å²) in [6.07, 6.45) is 1.26. The molecule has 1 aromatic heterocycles. The Hall–Kier alpha value is -3.24. The van der Waals surface area contributed by atoms with Crippen LogP contribution in [0.5, 0.6) is 0 Å². The number of carbonyl (C=O) groups is 2. The van der Waals surface area contributed by atoms with Crippen molar-refractivity contribution in [2.45, 2.75) is 36.3 Å². The Labute approximate surface area is 192 Å². The van der Waals surface area contributed by atoms with Gasteiger partial charge in [-0.2, -0.15) is 21.6 Å². The number of carbonyl (C=O) groups excluding carboxylic acids is 2. The van der Waals surface area contributed by atoms with Crippen LogP contribution in [0.3, 0.4) is 0 Å². The Kier molecular flexibility index (Phi) is 6.13. The fourth-order valence-corrected chi connectivity index (χ4v) is 4.36. The van der Waals surface area contributed by atoms with Gasteiger partial charge in [-0.1, -0.05) is 0 Å². The predicted molar refractivity (Wildman–Crippen MR) is 113 cm³/mol. The zero-order valence-corrected chi connectivity index (χ0v) is 19.2. The highest BCUT2D eigenvalue weighted by Gasteiger charge is 2.52. The first-order chi connectivity index (χ1) is 15.4. The molecule has 1 fully saturated rings.